The Morgan fingerprint density at radius 1 is 0.889 bits per heavy atom. The number of benzene rings is 2. The molecule has 0 aromatic heterocycles. The number of alkyl halides is 7. The lowest BCUT2D eigenvalue weighted by Crippen LogP contribution is -2.60. The minimum Gasteiger partial charge on any atom is -0.479 e. The van der Waals surface area contributed by atoms with Crippen LogP contribution in [0.5, 0.6) is 0 Å². The minimum atomic E-state index is -6.39. The fourth-order valence-corrected chi connectivity index (χ4v) is 8.81. The number of aliphatic carboxylic acids is 1. The van der Waals surface area contributed by atoms with Gasteiger partial charge in [-0.25, -0.2) is 22.0 Å². The van der Waals surface area contributed by atoms with E-state index in [2.05, 4.69) is 0 Å². The summed E-state index contributed by atoms with van der Waals surface area (Å²) in [5.41, 5.74) is -10.5. The molecule has 7 nitrogen and oxygen atoms in total. The lowest BCUT2D eigenvalue weighted by atomic mass is 9.65. The molecule has 3 heterocycles. The monoisotopic (exact) mass is 669 g/mol. The number of fused-ring (bicyclic) bond motifs is 3. The largest absolute Gasteiger partial charge is 0.479 e. The second-order valence-electron chi connectivity index (χ2n) is 12.0. The van der Waals surface area contributed by atoms with Crippen molar-refractivity contribution in [1.29, 1.82) is 0 Å². The molecule has 2 aromatic carbocycles. The van der Waals surface area contributed by atoms with E-state index < -0.39 is 78.3 Å². The molecule has 4 aliphatic rings. The number of ether oxygens (including phenoxy) is 1. The Hall–Kier alpha value is -3.27. The van der Waals surface area contributed by atoms with Crippen molar-refractivity contribution < 1.29 is 63.0 Å². The van der Waals surface area contributed by atoms with Gasteiger partial charge in [-0.1, -0.05) is 24.3 Å². The number of halogens is 8. The third-order valence-electron chi connectivity index (χ3n) is 9.55. The average molecular weight is 670 g/mol. The maximum Gasteiger partial charge on any atom is 0.435 e. The average Bonchev–Trinajstić information content (AvgIpc) is 3.45. The van der Waals surface area contributed by atoms with Crippen molar-refractivity contribution in [2.75, 3.05) is 19.7 Å². The summed E-state index contributed by atoms with van der Waals surface area (Å²) in [5, 5.41) is 9.58. The molecule has 45 heavy (non-hydrogen) atoms. The number of hydrogen-bond acceptors (Lipinski definition) is 5. The van der Waals surface area contributed by atoms with Crippen LogP contribution in [0.15, 0.2) is 47.4 Å². The van der Waals surface area contributed by atoms with Gasteiger partial charge in [-0.15, -0.1) is 0 Å². The van der Waals surface area contributed by atoms with Gasteiger partial charge in [0.25, 0.3) is 0 Å². The Bertz CT molecular complexity index is 1600. The zero-order valence-electron chi connectivity index (χ0n) is 23.6. The molecular formula is C29H27F8NO6S. The Labute approximate surface area is 252 Å². The van der Waals surface area contributed by atoms with Crippen molar-refractivity contribution in [3.05, 3.63) is 65.0 Å². The van der Waals surface area contributed by atoms with Crippen molar-refractivity contribution in [1.82, 2.24) is 4.90 Å². The van der Waals surface area contributed by atoms with Crippen LogP contribution in [0.4, 0.5) is 35.1 Å². The number of likely N-dealkylation sites (tertiary alicyclic amines) is 1. The van der Waals surface area contributed by atoms with Crippen molar-refractivity contribution in [3.63, 3.8) is 0 Å². The lowest BCUT2D eigenvalue weighted by molar-refractivity contribution is -0.348. The van der Waals surface area contributed by atoms with E-state index in [-0.39, 0.29) is 68.5 Å². The number of sulfone groups is 1. The van der Waals surface area contributed by atoms with Crippen molar-refractivity contribution in [2.24, 2.45) is 5.41 Å². The molecule has 1 aliphatic carbocycles. The first-order valence-corrected chi connectivity index (χ1v) is 15.3. The summed E-state index contributed by atoms with van der Waals surface area (Å²) in [6.45, 7) is 0.255. The number of carbonyl (C=O) groups excluding carboxylic acids is 1. The predicted molar refractivity (Wildman–Crippen MR) is 140 cm³/mol. The van der Waals surface area contributed by atoms with Gasteiger partial charge in [-0.05, 0) is 68.4 Å². The highest BCUT2D eigenvalue weighted by Gasteiger charge is 2.73. The third kappa shape index (κ3) is 4.81. The Morgan fingerprint density at radius 2 is 1.47 bits per heavy atom. The van der Waals surface area contributed by atoms with Gasteiger partial charge in [0.1, 0.15) is 10.6 Å². The number of carboxylic acids is 1. The van der Waals surface area contributed by atoms with E-state index in [0.717, 1.165) is 18.2 Å². The van der Waals surface area contributed by atoms with Crippen LogP contribution in [0.25, 0.3) is 0 Å². The summed E-state index contributed by atoms with van der Waals surface area (Å²) in [6.07, 6.45) is -12.8. The molecular weight excluding hydrogens is 642 g/mol. The molecule has 16 heteroatoms. The highest BCUT2D eigenvalue weighted by Crippen LogP contribution is 2.55. The molecule has 0 spiro atoms. The molecule has 2 bridgehead atoms. The number of hydrogen-bond donors (Lipinski definition) is 1. The summed E-state index contributed by atoms with van der Waals surface area (Å²) in [6, 6.07) is 4.61. The van der Waals surface area contributed by atoms with Crippen LogP contribution in [0, 0.1) is 18.2 Å². The van der Waals surface area contributed by atoms with Crippen LogP contribution in [-0.4, -0.2) is 68.0 Å². The molecule has 3 aliphatic heterocycles. The smallest absolute Gasteiger partial charge is 0.435 e. The van der Waals surface area contributed by atoms with Gasteiger partial charge in [0.2, 0.25) is 5.91 Å². The molecule has 0 radical (unpaired) electrons. The molecule has 1 amide bonds. The van der Waals surface area contributed by atoms with E-state index in [4.69, 9.17) is 4.74 Å². The number of nitrogens with zero attached hydrogens (tertiary/aromatic N) is 1. The fourth-order valence-electron chi connectivity index (χ4n) is 6.65. The van der Waals surface area contributed by atoms with Gasteiger partial charge < -0.3 is 14.7 Å². The highest BCUT2D eigenvalue weighted by atomic mass is 32.2. The third-order valence-corrected chi connectivity index (χ3v) is 12.0. The quantitative estimate of drug-likeness (QED) is 0.311. The number of amides is 1. The number of aryl methyl sites for hydroxylation is 1. The van der Waals surface area contributed by atoms with Crippen LogP contribution in [0.2, 0.25) is 0 Å². The van der Waals surface area contributed by atoms with Gasteiger partial charge in [-0.3, -0.25) is 4.79 Å². The summed E-state index contributed by atoms with van der Waals surface area (Å²) >= 11 is 0. The maximum absolute atomic E-state index is 14.8. The van der Waals surface area contributed by atoms with E-state index in [1.807, 2.05) is 0 Å². The number of rotatable bonds is 6. The Balaban J connectivity index is 1.57. The molecule has 0 unspecified atom stereocenters. The Kier molecular flexibility index (Phi) is 7.63. The topological polar surface area (TPSA) is 101 Å². The van der Waals surface area contributed by atoms with Gasteiger partial charge in [0, 0.05) is 18.7 Å². The molecule has 246 valence electrons. The number of carboxylic acid groups (broad SMARTS) is 1. The van der Waals surface area contributed by atoms with Crippen LogP contribution in [0.1, 0.15) is 48.8 Å². The lowest BCUT2D eigenvalue weighted by Gasteiger charge is -2.50. The van der Waals surface area contributed by atoms with Crippen molar-refractivity contribution in [2.45, 2.75) is 72.3 Å². The predicted octanol–water partition coefficient (Wildman–Crippen LogP) is 5.74. The Morgan fingerprint density at radius 3 is 1.93 bits per heavy atom. The first kappa shape index (κ1) is 33.1. The summed E-state index contributed by atoms with van der Waals surface area (Å²) in [7, 11) is -4.64. The van der Waals surface area contributed by atoms with E-state index >= 15 is 0 Å². The van der Waals surface area contributed by atoms with Gasteiger partial charge in [0.15, 0.2) is 15.4 Å². The molecule has 3 saturated heterocycles. The molecule has 2 aromatic rings. The molecule has 1 saturated carbocycles. The second-order valence-corrected chi connectivity index (χ2v) is 14.2. The maximum atomic E-state index is 14.8. The summed E-state index contributed by atoms with van der Waals surface area (Å²) in [5.74, 6) is -2.44. The van der Waals surface area contributed by atoms with E-state index in [0.29, 0.717) is 12.1 Å². The van der Waals surface area contributed by atoms with Crippen LogP contribution < -0.4 is 0 Å². The van der Waals surface area contributed by atoms with Crippen LogP contribution in [-0.2, 0) is 34.6 Å². The van der Waals surface area contributed by atoms with Crippen LogP contribution >= 0.6 is 0 Å². The van der Waals surface area contributed by atoms with E-state index in [9.17, 15) is 58.2 Å². The van der Waals surface area contributed by atoms with Crippen LogP contribution in [0.3, 0.4) is 0 Å². The zero-order chi connectivity index (χ0) is 33.4. The first-order chi connectivity index (χ1) is 20.7. The molecule has 1 N–H and O–H groups in total. The first-order valence-electron chi connectivity index (χ1n) is 13.8. The molecule has 6 rings (SSSR count). The highest BCUT2D eigenvalue weighted by molar-refractivity contribution is 7.92. The fraction of sp³-hybridized carbons (Fsp3) is 0.517. The van der Waals surface area contributed by atoms with Gasteiger partial charge >= 0.3 is 24.0 Å². The van der Waals surface area contributed by atoms with Crippen molar-refractivity contribution in [3.8, 4) is 0 Å². The zero-order valence-corrected chi connectivity index (χ0v) is 24.4. The summed E-state index contributed by atoms with van der Waals surface area (Å²) in [4.78, 5) is 26.4. The van der Waals surface area contributed by atoms with Gasteiger partial charge in [0.05, 0.1) is 16.9 Å². The summed E-state index contributed by atoms with van der Waals surface area (Å²) < 4.78 is 141. The standard InChI is InChI=1S/C29H27F8NO6S/c1-17-14-20(6-7-21(17)30)45(42,43)26(18-2-4-19(5-3-18)27(31,28(32,33)34)29(35,36)37)12-13-38(15-26)22(39)24-8-10-25(11-9-24,23(40)41)44-16-24/h2-7,14H,8-13,15-16H2,1H3,(H,40,41)/t24?,25?,26-/m0/s1. The molecule has 4 fully saturated rings. The number of carbonyl (C=O) groups is 2. The normalized spacial score (nSPS) is 27.5. The minimum absolute atomic E-state index is 0.0328. The van der Waals surface area contributed by atoms with E-state index in [1.54, 1.807) is 0 Å². The molecule has 1 atom stereocenters. The second kappa shape index (κ2) is 10.4. The van der Waals surface area contributed by atoms with E-state index in [1.165, 1.54) is 11.8 Å². The SMILES string of the molecule is Cc1cc(S(=O)(=O)[C@@]2(c3ccc(C(F)(C(F)(F)F)C(F)(F)F)cc3)CCN(C(=O)C34CCC(C(=O)O)(CC3)OC4)C2)ccc1F. The van der Waals surface area contributed by atoms with Gasteiger partial charge in [-0.2, -0.15) is 26.3 Å². The van der Waals surface area contributed by atoms with Crippen molar-refractivity contribution >= 4 is 21.7 Å².